The van der Waals surface area contributed by atoms with Crippen molar-refractivity contribution in [3.05, 3.63) is 125 Å². The van der Waals surface area contributed by atoms with Crippen molar-refractivity contribution in [3.63, 3.8) is 0 Å². The number of aromatic hydroxyl groups is 1. The molecule has 0 radical (unpaired) electrons. The van der Waals surface area contributed by atoms with Crippen molar-refractivity contribution in [2.45, 2.75) is 77.3 Å². The Balaban J connectivity index is 1.69. The molecule has 0 unspecified atom stereocenters. The van der Waals surface area contributed by atoms with E-state index < -0.39 is 42.1 Å². The van der Waals surface area contributed by atoms with Gasteiger partial charge in [0.25, 0.3) is 0 Å². The van der Waals surface area contributed by atoms with Crippen LogP contribution in [0.4, 0.5) is 0 Å². The third-order valence-electron chi connectivity index (χ3n) is 7.90. The minimum Gasteiger partial charge on any atom is -0.502 e. The van der Waals surface area contributed by atoms with E-state index in [1.54, 1.807) is 32.9 Å². The summed E-state index contributed by atoms with van der Waals surface area (Å²) in [6.45, 7) is 5.31. The molecule has 11 heteroatoms. The first kappa shape index (κ1) is 41.0. The van der Waals surface area contributed by atoms with Gasteiger partial charge < -0.3 is 43.0 Å². The molecule has 0 aliphatic rings. The van der Waals surface area contributed by atoms with Crippen molar-refractivity contribution in [1.29, 1.82) is 0 Å². The Bertz CT molecular complexity index is 1650. The monoisotopic (exact) mass is 730 g/mol. The van der Waals surface area contributed by atoms with Crippen molar-refractivity contribution in [2.24, 2.45) is 0 Å². The molecule has 284 valence electrons. The van der Waals surface area contributed by atoms with Crippen LogP contribution in [-0.4, -0.2) is 68.6 Å². The molecular weight excluding hydrogens is 680 g/mol. The van der Waals surface area contributed by atoms with Crippen molar-refractivity contribution in [3.8, 4) is 17.2 Å². The second-order valence-electron chi connectivity index (χ2n) is 13.2. The van der Waals surface area contributed by atoms with Crippen LogP contribution in [0.1, 0.15) is 49.4 Å². The zero-order valence-corrected chi connectivity index (χ0v) is 31.0. The summed E-state index contributed by atoms with van der Waals surface area (Å²) in [6, 6.07) is 31.9. The van der Waals surface area contributed by atoms with E-state index in [2.05, 4.69) is 0 Å². The first-order valence-electron chi connectivity index (χ1n) is 17.4. The molecule has 0 amide bonds. The molecule has 53 heavy (non-hydrogen) atoms. The smallest absolute Gasteiger partial charge is 0.313 e. The highest BCUT2D eigenvalue weighted by Gasteiger charge is 2.39. The molecule has 4 aromatic rings. The van der Waals surface area contributed by atoms with Gasteiger partial charge in [0.1, 0.15) is 37.8 Å². The SMILES string of the molecule is COc1cc(C[C@@H](OCOCc2ccccc2)[C@H](OCc2ccccc2)[C@@H](OCOCc2ccccc2)C(=O)CC(=O)OC(C)(C)C)cc(OC)c1O. The van der Waals surface area contributed by atoms with E-state index in [4.69, 9.17) is 37.9 Å². The number of carbonyl (C=O) groups excluding carboxylic acids is 2. The molecule has 0 saturated heterocycles. The molecule has 11 nitrogen and oxygen atoms in total. The predicted molar refractivity (Wildman–Crippen MR) is 197 cm³/mol. The van der Waals surface area contributed by atoms with Gasteiger partial charge in [0.2, 0.25) is 5.75 Å². The highest BCUT2D eigenvalue weighted by molar-refractivity contribution is 5.98. The molecule has 0 spiro atoms. The molecule has 0 aliphatic heterocycles. The van der Waals surface area contributed by atoms with Gasteiger partial charge in [0, 0.05) is 6.42 Å². The lowest BCUT2D eigenvalue weighted by Crippen LogP contribution is -2.49. The number of ketones is 1. The van der Waals surface area contributed by atoms with Crippen molar-refractivity contribution < 1.29 is 52.6 Å². The fraction of sp³-hybridized carbons (Fsp3) is 0.381. The van der Waals surface area contributed by atoms with Gasteiger partial charge in [-0.2, -0.15) is 0 Å². The Morgan fingerprint density at radius 2 is 1.11 bits per heavy atom. The van der Waals surface area contributed by atoms with Gasteiger partial charge in [-0.1, -0.05) is 91.0 Å². The summed E-state index contributed by atoms with van der Waals surface area (Å²) in [5, 5.41) is 10.6. The molecule has 4 aromatic carbocycles. The van der Waals surface area contributed by atoms with Gasteiger partial charge in [-0.3, -0.25) is 9.59 Å². The number of phenolic OH excluding ortho intramolecular Hbond substituents is 1. The number of benzene rings is 4. The van der Waals surface area contributed by atoms with Crippen molar-refractivity contribution >= 4 is 11.8 Å². The zero-order valence-electron chi connectivity index (χ0n) is 31.0. The van der Waals surface area contributed by atoms with Crippen LogP contribution < -0.4 is 9.47 Å². The average molecular weight is 731 g/mol. The van der Waals surface area contributed by atoms with Gasteiger partial charge in [-0.15, -0.1) is 0 Å². The predicted octanol–water partition coefficient (Wildman–Crippen LogP) is 6.96. The van der Waals surface area contributed by atoms with Crippen LogP contribution in [0.25, 0.3) is 0 Å². The maximum atomic E-state index is 14.2. The number of Topliss-reactive ketones (excluding diaryl/α,β-unsaturated/α-hetero) is 1. The lowest BCUT2D eigenvalue weighted by molar-refractivity contribution is -0.200. The van der Waals surface area contributed by atoms with E-state index in [1.165, 1.54) is 14.2 Å². The van der Waals surface area contributed by atoms with Gasteiger partial charge in [0.05, 0.1) is 40.1 Å². The summed E-state index contributed by atoms with van der Waals surface area (Å²) in [5.74, 6) is -1.09. The molecule has 0 aromatic heterocycles. The first-order chi connectivity index (χ1) is 25.6. The second kappa shape index (κ2) is 21.1. The van der Waals surface area contributed by atoms with Gasteiger partial charge >= 0.3 is 5.97 Å². The van der Waals surface area contributed by atoms with Crippen LogP contribution >= 0.6 is 0 Å². The molecule has 0 saturated carbocycles. The van der Waals surface area contributed by atoms with E-state index >= 15 is 0 Å². The maximum Gasteiger partial charge on any atom is 0.313 e. The normalized spacial score (nSPS) is 13.2. The van der Waals surface area contributed by atoms with E-state index in [9.17, 15) is 14.7 Å². The minimum absolute atomic E-state index is 0.0862. The number of phenols is 1. The number of ether oxygens (including phenoxy) is 8. The van der Waals surface area contributed by atoms with Crippen molar-refractivity contribution in [2.75, 3.05) is 27.8 Å². The Morgan fingerprint density at radius 3 is 1.58 bits per heavy atom. The number of methoxy groups -OCH3 is 2. The van der Waals surface area contributed by atoms with Crippen LogP contribution in [0, 0.1) is 0 Å². The fourth-order valence-corrected chi connectivity index (χ4v) is 5.44. The number of esters is 1. The third kappa shape index (κ3) is 13.9. The summed E-state index contributed by atoms with van der Waals surface area (Å²) in [5.41, 5.74) is 2.52. The number of carbonyl (C=O) groups is 2. The Hall–Kier alpha value is -4.78. The largest absolute Gasteiger partial charge is 0.502 e. The average Bonchev–Trinajstić information content (AvgIpc) is 3.14. The minimum atomic E-state index is -1.35. The fourth-order valence-electron chi connectivity index (χ4n) is 5.44. The molecule has 4 rings (SSSR count). The van der Waals surface area contributed by atoms with Gasteiger partial charge in [-0.05, 0) is 55.2 Å². The molecule has 0 fully saturated rings. The lowest BCUT2D eigenvalue weighted by Gasteiger charge is -2.33. The summed E-state index contributed by atoms with van der Waals surface area (Å²) in [7, 11) is 2.87. The molecule has 0 heterocycles. The maximum absolute atomic E-state index is 14.2. The molecule has 1 N–H and O–H groups in total. The highest BCUT2D eigenvalue weighted by Crippen LogP contribution is 2.38. The lowest BCUT2D eigenvalue weighted by atomic mass is 9.96. The van der Waals surface area contributed by atoms with Crippen molar-refractivity contribution in [1.82, 2.24) is 0 Å². The third-order valence-corrected chi connectivity index (χ3v) is 7.90. The second-order valence-corrected chi connectivity index (χ2v) is 13.2. The molecule has 0 bridgehead atoms. The first-order valence-corrected chi connectivity index (χ1v) is 17.4. The van der Waals surface area contributed by atoms with Gasteiger partial charge in [0.15, 0.2) is 17.3 Å². The van der Waals surface area contributed by atoms with E-state index in [0.29, 0.717) is 5.56 Å². The van der Waals surface area contributed by atoms with Crippen LogP contribution in [0.2, 0.25) is 0 Å². The Labute approximate surface area is 311 Å². The Morgan fingerprint density at radius 1 is 0.642 bits per heavy atom. The number of hydrogen-bond acceptors (Lipinski definition) is 11. The molecule has 0 aliphatic carbocycles. The van der Waals surface area contributed by atoms with Crippen LogP contribution in [0.5, 0.6) is 17.2 Å². The van der Waals surface area contributed by atoms with E-state index in [-0.39, 0.29) is 57.1 Å². The van der Waals surface area contributed by atoms with Crippen LogP contribution in [-0.2, 0) is 64.3 Å². The standard InChI is InChI=1S/C42H50O11/c1-42(2,3)53-38(44)24-34(43)40(52-29-49-26-31-17-11-7-12-18-31)41(50-27-32-19-13-8-14-20-32)37(51-28-48-25-30-15-9-6-10-16-30)23-33-21-35(46-4)39(45)36(22-33)47-5/h6-22,37,40-41,45H,23-29H2,1-5H3/t37-,40+,41+/m1/s1. The quantitative estimate of drug-likeness (QED) is 0.0390. The Kier molecular flexibility index (Phi) is 16.3. The summed E-state index contributed by atoms with van der Waals surface area (Å²) in [6.07, 6.45) is -3.80. The number of rotatable bonds is 22. The summed E-state index contributed by atoms with van der Waals surface area (Å²) >= 11 is 0. The topological polar surface area (TPSA) is 128 Å². The van der Waals surface area contributed by atoms with Gasteiger partial charge in [-0.25, -0.2) is 0 Å². The molecule has 3 atom stereocenters. The molecular formula is C42H50O11. The van der Waals surface area contributed by atoms with E-state index in [0.717, 1.165) is 16.7 Å². The highest BCUT2D eigenvalue weighted by atomic mass is 16.7. The zero-order chi connectivity index (χ0) is 38.1. The summed E-state index contributed by atoms with van der Waals surface area (Å²) < 4.78 is 47.3. The van der Waals surface area contributed by atoms with Crippen LogP contribution in [0.15, 0.2) is 103 Å². The summed E-state index contributed by atoms with van der Waals surface area (Å²) in [4.78, 5) is 27.1. The number of hydrogen-bond donors (Lipinski definition) is 1. The van der Waals surface area contributed by atoms with Crippen LogP contribution in [0.3, 0.4) is 0 Å². The van der Waals surface area contributed by atoms with E-state index in [1.807, 2.05) is 91.0 Å².